The van der Waals surface area contributed by atoms with Crippen molar-refractivity contribution in [2.24, 2.45) is 5.73 Å². The maximum atomic E-state index is 4.80. The molecule has 2 N–H and O–H groups in total. The van der Waals surface area contributed by atoms with Gasteiger partial charge in [0.25, 0.3) is 0 Å². The maximum Gasteiger partial charge on any atom is 0.111 e. The van der Waals surface area contributed by atoms with Gasteiger partial charge in [-0.25, -0.2) is 0 Å². The molecule has 0 unspecified atom stereocenters. The molecule has 0 heterocycles. The smallest absolute Gasteiger partial charge is 0.111 e. The lowest BCUT2D eigenvalue weighted by atomic mass is 11.4. The highest BCUT2D eigenvalue weighted by molar-refractivity contribution is 14.1. The Morgan fingerprint density at radius 2 is 2.25 bits per heavy atom. The van der Waals surface area contributed by atoms with Gasteiger partial charge in [0.1, 0.15) is 29.7 Å². The summed E-state index contributed by atoms with van der Waals surface area (Å²) in [5.74, 6) is 0. The molecule has 4 heavy (non-hydrogen) atoms. The third-order valence-electron chi connectivity index (χ3n) is 0.0630. The lowest BCUT2D eigenvalue weighted by molar-refractivity contribution is 0.444. The zero-order chi connectivity index (χ0) is 3.41. The van der Waals surface area contributed by atoms with Crippen LogP contribution >= 0.6 is 23.0 Å². The van der Waals surface area contributed by atoms with Crippen LogP contribution in [0.2, 0.25) is 0 Å². The average Bonchev–Trinajstić information content (AvgIpc) is 1.37. The van der Waals surface area contributed by atoms with Crippen LogP contribution in [0.4, 0.5) is 0 Å². The van der Waals surface area contributed by atoms with E-state index in [1.165, 1.54) is 0 Å². The molecule has 0 aromatic heterocycles. The molecule has 0 saturated heterocycles. The molecule has 0 atom stereocenters. The summed E-state index contributed by atoms with van der Waals surface area (Å²) in [6.07, 6.45) is 0. The molecule has 0 spiro atoms. The van der Waals surface area contributed by atoms with E-state index >= 15 is 0 Å². The third-order valence-corrected chi connectivity index (χ3v) is 0.423. The molecule has 0 fully saturated rings. The minimum atomic E-state index is 0.306. The second kappa shape index (κ2) is 3.65. The summed E-state index contributed by atoms with van der Waals surface area (Å²) in [6.45, 7) is 0.306. The molecule has 0 aromatic carbocycles. The van der Waals surface area contributed by atoms with E-state index in [0.29, 0.717) is 6.73 Å². The Balaban J connectivity index is 1.97. The molecular formula is CH4INO. The van der Waals surface area contributed by atoms with Gasteiger partial charge in [-0.1, -0.05) is 0 Å². The predicted molar refractivity (Wildman–Crippen MR) is 24.2 cm³/mol. The molecule has 0 saturated carbocycles. The molecule has 0 amide bonds. The quantitative estimate of drug-likeness (QED) is 0.456. The Kier molecular flexibility index (Phi) is 4.24. The fraction of sp³-hybridized carbons (Fsp3) is 1.00. The highest BCUT2D eigenvalue weighted by atomic mass is 127. The molecule has 0 aliphatic carbocycles. The number of halogens is 1. The summed E-state index contributed by atoms with van der Waals surface area (Å²) in [5.41, 5.74) is 4.80. The largest absolute Gasteiger partial charge is 0.308 e. The molecule has 0 radical (unpaired) electrons. The summed E-state index contributed by atoms with van der Waals surface area (Å²) in [6, 6.07) is 0. The van der Waals surface area contributed by atoms with Gasteiger partial charge in [-0.2, -0.15) is 0 Å². The van der Waals surface area contributed by atoms with Crippen molar-refractivity contribution in [2.45, 2.75) is 0 Å². The Bertz CT molecular complexity index is 10.0. The van der Waals surface area contributed by atoms with Crippen LogP contribution in [-0.4, -0.2) is 6.73 Å². The minimum absolute atomic E-state index is 0.306. The first-order chi connectivity index (χ1) is 1.91. The Morgan fingerprint density at radius 1 is 2.00 bits per heavy atom. The summed E-state index contributed by atoms with van der Waals surface area (Å²) in [4.78, 5) is 0. The predicted octanol–water partition coefficient (Wildman–Crippen LogP) is 0.269. The van der Waals surface area contributed by atoms with E-state index in [4.69, 9.17) is 5.73 Å². The van der Waals surface area contributed by atoms with Gasteiger partial charge in [-0.05, 0) is 0 Å². The van der Waals surface area contributed by atoms with Crippen molar-refractivity contribution in [3.63, 3.8) is 0 Å². The van der Waals surface area contributed by atoms with Crippen molar-refractivity contribution < 1.29 is 3.07 Å². The molecule has 2 nitrogen and oxygen atoms in total. The fourth-order valence-electron chi connectivity index (χ4n) is 0. The van der Waals surface area contributed by atoms with Gasteiger partial charge in [0, 0.05) is 0 Å². The number of nitrogens with two attached hydrogens (primary N) is 1. The van der Waals surface area contributed by atoms with E-state index in [1.54, 1.807) is 23.0 Å². The van der Waals surface area contributed by atoms with Gasteiger partial charge < -0.3 is 8.80 Å². The number of rotatable bonds is 1. The second-order valence-corrected chi connectivity index (χ2v) is 0.899. The lowest BCUT2D eigenvalue weighted by Gasteiger charge is -1.73. The summed E-state index contributed by atoms with van der Waals surface area (Å²) >= 11 is 1.73. The minimum Gasteiger partial charge on any atom is -0.308 e. The summed E-state index contributed by atoms with van der Waals surface area (Å²) in [5, 5.41) is 0. The highest BCUT2D eigenvalue weighted by Crippen LogP contribution is 1.74. The topological polar surface area (TPSA) is 35.2 Å². The zero-order valence-electron chi connectivity index (χ0n) is 2.07. The van der Waals surface area contributed by atoms with E-state index < -0.39 is 0 Å². The fourth-order valence-corrected chi connectivity index (χ4v) is 0. The first-order valence-corrected chi connectivity index (χ1v) is 1.73. The SMILES string of the molecule is NCOI. The van der Waals surface area contributed by atoms with Crippen molar-refractivity contribution in [3.05, 3.63) is 0 Å². The maximum absolute atomic E-state index is 4.80. The van der Waals surface area contributed by atoms with Gasteiger partial charge in [0.2, 0.25) is 0 Å². The Morgan fingerprint density at radius 3 is 2.25 bits per heavy atom. The highest BCUT2D eigenvalue weighted by Gasteiger charge is 1.53. The first kappa shape index (κ1) is 4.65. The molecule has 0 rings (SSSR count). The van der Waals surface area contributed by atoms with Crippen LogP contribution in [0.25, 0.3) is 0 Å². The normalized spacial score (nSPS) is 7.50. The van der Waals surface area contributed by atoms with Crippen molar-refractivity contribution in [1.82, 2.24) is 0 Å². The van der Waals surface area contributed by atoms with Crippen LogP contribution in [0.15, 0.2) is 0 Å². The lowest BCUT2D eigenvalue weighted by Crippen LogP contribution is -1.94. The van der Waals surface area contributed by atoms with Crippen molar-refractivity contribution >= 4 is 23.0 Å². The molecule has 26 valence electrons. The zero-order valence-corrected chi connectivity index (χ0v) is 4.23. The standard InChI is InChI=1S/CH4INO/c2-4-1-3/h1,3H2. The van der Waals surface area contributed by atoms with E-state index in [9.17, 15) is 0 Å². The Hall–Kier alpha value is 0.650. The second-order valence-electron chi connectivity index (χ2n) is 0.276. The summed E-state index contributed by atoms with van der Waals surface area (Å²) < 4.78 is 4.29. The van der Waals surface area contributed by atoms with Crippen LogP contribution in [0.3, 0.4) is 0 Å². The van der Waals surface area contributed by atoms with Crippen molar-refractivity contribution in [1.29, 1.82) is 0 Å². The van der Waals surface area contributed by atoms with Gasteiger partial charge in [-0.15, -0.1) is 0 Å². The van der Waals surface area contributed by atoms with Crippen molar-refractivity contribution in [3.8, 4) is 0 Å². The van der Waals surface area contributed by atoms with Gasteiger partial charge in [0.05, 0.1) is 0 Å². The molecule has 0 bridgehead atoms. The number of hydrogen-bond acceptors (Lipinski definition) is 2. The average molecular weight is 173 g/mol. The molecule has 0 aromatic rings. The van der Waals surface area contributed by atoms with Crippen LogP contribution in [0.1, 0.15) is 0 Å². The van der Waals surface area contributed by atoms with Crippen LogP contribution in [0.5, 0.6) is 0 Å². The molecule has 3 heteroatoms. The van der Waals surface area contributed by atoms with Gasteiger partial charge in [0.15, 0.2) is 0 Å². The monoisotopic (exact) mass is 173 g/mol. The van der Waals surface area contributed by atoms with Crippen molar-refractivity contribution in [2.75, 3.05) is 6.73 Å². The van der Waals surface area contributed by atoms with Crippen LogP contribution in [-0.2, 0) is 3.07 Å². The summed E-state index contributed by atoms with van der Waals surface area (Å²) in [7, 11) is 0. The first-order valence-electron chi connectivity index (χ1n) is 0.851. The van der Waals surface area contributed by atoms with E-state index in [2.05, 4.69) is 3.07 Å². The van der Waals surface area contributed by atoms with Gasteiger partial charge in [-0.3, -0.25) is 0 Å². The van der Waals surface area contributed by atoms with E-state index in [1.807, 2.05) is 0 Å². The molecule has 0 aliphatic rings. The third kappa shape index (κ3) is 2.65. The number of hydrogen-bond donors (Lipinski definition) is 1. The van der Waals surface area contributed by atoms with E-state index in [-0.39, 0.29) is 0 Å². The van der Waals surface area contributed by atoms with Crippen LogP contribution < -0.4 is 5.73 Å². The molecule has 0 aliphatic heterocycles. The molecular weight excluding hydrogens is 169 g/mol. The van der Waals surface area contributed by atoms with Crippen LogP contribution in [0, 0.1) is 0 Å². The van der Waals surface area contributed by atoms with Gasteiger partial charge >= 0.3 is 0 Å². The van der Waals surface area contributed by atoms with E-state index in [0.717, 1.165) is 0 Å². The Labute approximate surface area is 39.0 Å².